The summed E-state index contributed by atoms with van der Waals surface area (Å²) < 4.78 is 0. The zero-order valence-corrected chi connectivity index (χ0v) is 56.7. The van der Waals surface area contributed by atoms with Crippen molar-refractivity contribution >= 4 is 23.2 Å². The van der Waals surface area contributed by atoms with Crippen molar-refractivity contribution in [2.75, 3.05) is 13.1 Å². The van der Waals surface area contributed by atoms with Crippen LogP contribution in [0, 0.1) is 97.6 Å². The number of aryl methyl sites for hydroxylation is 1. The SMILES string of the molecule is CC(C)CC1=CC[C@]2(C)[C@@H](O)CC[C@@]34C5=C6C[C@@]1(C=C1C(=c7ccccc7=C[C@@H]13)Cc1cccc(c1)C1=CC=C(NCCC[C@@H](C3CCCCC3)/C(=C/O)CC[C@@H](C(=O)O)[C@H]3[C@H](O)C[C@]6([C@H]6CC[C@]7(C[C@H]8C[C@@H]9c%10ccccc%10CC[C@H]9C[C@H]8C7)C6)[C@]3(C)CC5)NC1)[C@@H]24. The maximum Gasteiger partial charge on any atom is 0.306 e. The fourth-order valence-corrected chi connectivity index (χ4v) is 27.1. The minimum Gasteiger partial charge on any atom is -0.516 e. The van der Waals surface area contributed by atoms with Crippen molar-refractivity contribution < 1.29 is 25.2 Å². The molecule has 0 radical (unpaired) electrons. The standard InChI is InChI=1S/C86H108N2O5/c1-52(2)38-63-29-33-81(3)76(91)32-36-85-72-31-34-82(4)78-68(79(92)93)27-25-60(51-89)65(54-15-6-5-7-16-54)22-13-37-87-77-28-26-59(50-88-77)56-19-12-14-53(39-56)40-70-67-21-11-9-18-57(67)43-73(85)71(70)47-84(63,80(81)85)48-74(72)86(82,49-75(78)90)64-30-35-83(46-64)44-61-41-58-24-23-55-17-8-10-20-66(55)69(58)42-62(61)45-83/h8-12,14,17-21,26,28-29,39,43,47,51-52,54,58,61-62,64-65,68-69,73,75-76,78,80,87-91H,5-7,13,15-16,22-25,27,30-38,40-42,44-46,48-50H2,1-4H3,(H,92,93)/b60-51+/t58-,61-,62+,64-,65-,68+,69-,73-,75+,76-,78-,80+,81+,82+,83-,84+,85+,86+/m0/s1. The molecule has 12 aliphatic carbocycles. The maximum atomic E-state index is 14.9. The molecule has 14 bridgehead atoms. The van der Waals surface area contributed by atoms with E-state index in [2.05, 4.69) is 142 Å². The molecule has 6 N–H and O–H groups in total. The van der Waals surface area contributed by atoms with Crippen LogP contribution in [0.15, 0.2) is 137 Å². The molecule has 0 unspecified atom stereocenters. The van der Waals surface area contributed by atoms with Gasteiger partial charge in [-0.3, -0.25) is 4.79 Å². The summed E-state index contributed by atoms with van der Waals surface area (Å²) in [5.74, 6) is 3.73. The second-order valence-corrected chi connectivity index (χ2v) is 34.9. The summed E-state index contributed by atoms with van der Waals surface area (Å²) in [5.41, 5.74) is 14.4. The highest BCUT2D eigenvalue weighted by atomic mass is 16.4. The van der Waals surface area contributed by atoms with Gasteiger partial charge in [0, 0.05) is 46.6 Å². The van der Waals surface area contributed by atoms with Crippen molar-refractivity contribution in [2.24, 2.45) is 97.6 Å². The monoisotopic (exact) mass is 1250 g/mol. The van der Waals surface area contributed by atoms with Crippen LogP contribution in [0.25, 0.3) is 17.2 Å². The lowest BCUT2D eigenvalue weighted by atomic mass is 9.29. The molecule has 6 heterocycles. The van der Waals surface area contributed by atoms with E-state index in [1.54, 1.807) is 27.8 Å². The molecular weight excluding hydrogens is 1140 g/mol. The third-order valence-electron chi connectivity index (χ3n) is 30.5. The average molecular weight is 1250 g/mol. The van der Waals surface area contributed by atoms with Crippen LogP contribution < -0.4 is 21.1 Å². The Balaban J connectivity index is 0.859. The number of hydrogen-bond acceptors (Lipinski definition) is 6. The lowest BCUT2D eigenvalue weighted by Crippen LogP contribution is -2.69. The summed E-state index contributed by atoms with van der Waals surface area (Å²) in [5, 5.41) is 60.9. The third-order valence-corrected chi connectivity index (χ3v) is 30.5. The molecule has 3 spiro atoms. The second kappa shape index (κ2) is 22.9. The molecule has 3 aromatic carbocycles. The molecule has 0 saturated heterocycles. The molecule has 93 heavy (non-hydrogen) atoms. The van der Waals surface area contributed by atoms with E-state index >= 15 is 0 Å². The van der Waals surface area contributed by atoms with Crippen molar-refractivity contribution in [1.82, 2.24) is 10.6 Å². The van der Waals surface area contributed by atoms with Crippen LogP contribution in [0.4, 0.5) is 0 Å². The largest absolute Gasteiger partial charge is 0.516 e. The number of allylic oxidation sites excluding steroid dienone is 9. The van der Waals surface area contributed by atoms with Crippen LogP contribution in [0.1, 0.15) is 216 Å². The lowest BCUT2D eigenvalue weighted by Gasteiger charge is -2.74. The van der Waals surface area contributed by atoms with Crippen molar-refractivity contribution in [3.8, 4) is 0 Å². The van der Waals surface area contributed by atoms with Gasteiger partial charge in [0.2, 0.25) is 0 Å². The first-order valence-electron chi connectivity index (χ1n) is 38.0. The molecule has 7 nitrogen and oxygen atoms in total. The fraction of sp³-hybridized carbons (Fsp3) is 0.616. The van der Waals surface area contributed by atoms with Gasteiger partial charge in [-0.15, -0.1) is 0 Å². The molecule has 18 aliphatic rings. The Labute approximate surface area is 555 Å². The summed E-state index contributed by atoms with van der Waals surface area (Å²) >= 11 is 0. The molecule has 3 aromatic rings. The first-order chi connectivity index (χ1) is 45.1. The molecule has 21 rings (SSSR count). The molecule has 0 aromatic heterocycles. The zero-order valence-electron chi connectivity index (χ0n) is 56.7. The van der Waals surface area contributed by atoms with Crippen LogP contribution in [0.3, 0.4) is 0 Å². The van der Waals surface area contributed by atoms with Crippen LogP contribution in [0.5, 0.6) is 0 Å². The number of hydrogen-bond donors (Lipinski definition) is 6. The van der Waals surface area contributed by atoms with Gasteiger partial charge in [-0.2, -0.15) is 0 Å². The van der Waals surface area contributed by atoms with Crippen molar-refractivity contribution in [3.05, 3.63) is 170 Å². The quantitative estimate of drug-likeness (QED) is 0.111. The number of nitrogens with one attached hydrogen (secondary N) is 2. The molecule has 0 amide bonds. The summed E-state index contributed by atoms with van der Waals surface area (Å²) in [4.78, 5) is 14.9. The number of rotatable bonds is 5. The number of dihydropyridines is 1. The number of aliphatic carboxylic acids is 1. The number of fused-ring (bicyclic) bond motifs is 5. The molecule has 6 aliphatic heterocycles. The van der Waals surface area contributed by atoms with E-state index in [0.717, 1.165) is 126 Å². The summed E-state index contributed by atoms with van der Waals surface area (Å²) in [6.45, 7) is 11.5. The van der Waals surface area contributed by atoms with Crippen molar-refractivity contribution in [1.29, 1.82) is 0 Å². The number of carboxylic acid groups (broad SMARTS) is 1. The molecular formula is C86H108N2O5. The Bertz CT molecular complexity index is 3830. The molecule has 18 atom stereocenters. The molecule has 6 saturated carbocycles. The molecule has 7 heteroatoms. The van der Waals surface area contributed by atoms with Gasteiger partial charge in [0.15, 0.2) is 0 Å². The number of benzene rings is 3. The van der Waals surface area contributed by atoms with Crippen LogP contribution >= 0.6 is 0 Å². The summed E-state index contributed by atoms with van der Waals surface area (Å²) in [7, 11) is 0. The smallest absolute Gasteiger partial charge is 0.306 e. The van der Waals surface area contributed by atoms with E-state index in [4.69, 9.17) is 0 Å². The van der Waals surface area contributed by atoms with Gasteiger partial charge in [0.25, 0.3) is 0 Å². The minimum atomic E-state index is -0.773. The topological polar surface area (TPSA) is 122 Å². The van der Waals surface area contributed by atoms with Gasteiger partial charge in [-0.05, 0) is 279 Å². The Morgan fingerprint density at radius 3 is 2.40 bits per heavy atom. The highest BCUT2D eigenvalue weighted by molar-refractivity contribution is 5.78. The third kappa shape index (κ3) is 9.28. The Hall–Kier alpha value is -5.37. The summed E-state index contributed by atoms with van der Waals surface area (Å²) in [6, 6.07) is 28.2. The Kier molecular flexibility index (Phi) is 15.1. The van der Waals surface area contributed by atoms with Gasteiger partial charge in [-0.25, -0.2) is 0 Å². The minimum absolute atomic E-state index is 0.0942. The van der Waals surface area contributed by atoms with Crippen LogP contribution in [-0.2, 0) is 17.6 Å². The van der Waals surface area contributed by atoms with E-state index in [1.807, 2.05) is 0 Å². The van der Waals surface area contributed by atoms with E-state index in [1.165, 1.54) is 115 Å². The first-order valence-corrected chi connectivity index (χ1v) is 38.0. The van der Waals surface area contributed by atoms with Gasteiger partial charge < -0.3 is 31.1 Å². The van der Waals surface area contributed by atoms with Gasteiger partial charge >= 0.3 is 5.97 Å². The van der Waals surface area contributed by atoms with E-state index in [-0.39, 0.29) is 34.0 Å². The van der Waals surface area contributed by atoms with E-state index in [9.17, 15) is 25.2 Å². The molecule has 6 fully saturated rings. The van der Waals surface area contributed by atoms with Crippen molar-refractivity contribution in [3.63, 3.8) is 0 Å². The number of aliphatic hydroxyl groups is 3. The van der Waals surface area contributed by atoms with Gasteiger partial charge in [0.1, 0.15) is 0 Å². The second-order valence-electron chi connectivity index (χ2n) is 34.9. The van der Waals surface area contributed by atoms with E-state index < -0.39 is 46.3 Å². The van der Waals surface area contributed by atoms with Gasteiger partial charge in [-0.1, -0.05) is 161 Å². The van der Waals surface area contributed by atoms with Crippen LogP contribution in [-0.4, -0.2) is 51.7 Å². The van der Waals surface area contributed by atoms with Crippen LogP contribution in [0.2, 0.25) is 0 Å². The van der Waals surface area contributed by atoms with E-state index in [0.29, 0.717) is 42.9 Å². The zero-order chi connectivity index (χ0) is 63.4. The Morgan fingerprint density at radius 2 is 1.58 bits per heavy atom. The van der Waals surface area contributed by atoms with Crippen molar-refractivity contribution in [2.45, 2.75) is 219 Å². The highest BCUT2D eigenvalue weighted by Gasteiger charge is 2.77. The summed E-state index contributed by atoms with van der Waals surface area (Å²) in [6.07, 6.45) is 41.1. The fourth-order valence-electron chi connectivity index (χ4n) is 27.1. The predicted molar refractivity (Wildman–Crippen MR) is 373 cm³/mol. The normalized spacial score (nSPS) is 42.1. The first kappa shape index (κ1) is 61.2. The number of carboxylic acids is 1. The predicted octanol–water partition coefficient (Wildman–Crippen LogP) is 16.7. The van der Waals surface area contributed by atoms with Gasteiger partial charge in [0.05, 0.1) is 30.2 Å². The highest BCUT2D eigenvalue weighted by Crippen LogP contribution is 2.84. The molecule has 492 valence electrons. The maximum absolute atomic E-state index is 14.9. The lowest BCUT2D eigenvalue weighted by molar-refractivity contribution is -0.167. The Morgan fingerprint density at radius 1 is 0.753 bits per heavy atom. The average Bonchev–Trinajstić information content (AvgIpc) is 1.44. The number of aliphatic hydroxyl groups excluding tert-OH is 3. The number of carbonyl (C=O) groups is 1.